The first kappa shape index (κ1) is 26.2. The number of esters is 1. The van der Waals surface area contributed by atoms with Gasteiger partial charge in [-0.25, -0.2) is 4.79 Å². The van der Waals surface area contributed by atoms with Gasteiger partial charge in [0.25, 0.3) is 5.91 Å². The summed E-state index contributed by atoms with van der Waals surface area (Å²) in [6, 6.07) is 8.87. The molecule has 2 aromatic heterocycles. The number of benzene rings is 2. The standard InChI is InChI=1S/C30H25Cl3N2O4/c1-15-22-16(9-10-21(36)38-29(2,3)4)7-5-8-20(22)35-26(15)30(11-6-12-30)27-24(28(35)37)25(34-39-27)23-18(32)13-17(31)14-19(23)33/h5,7-10,13-14H,6,11-12H2,1-4H3/b10-9+. The van der Waals surface area contributed by atoms with Crippen LogP contribution in [0.5, 0.6) is 0 Å². The zero-order valence-corrected chi connectivity index (χ0v) is 24.1. The maximum absolute atomic E-state index is 14.3. The van der Waals surface area contributed by atoms with Crippen LogP contribution in [0.2, 0.25) is 15.1 Å². The third-order valence-electron chi connectivity index (χ3n) is 7.52. The first-order valence-electron chi connectivity index (χ1n) is 12.7. The molecular formula is C30H25Cl3N2O4. The minimum atomic E-state index is -0.594. The molecule has 0 bridgehead atoms. The maximum Gasteiger partial charge on any atom is 0.331 e. The van der Waals surface area contributed by atoms with Crippen LogP contribution < -0.4 is 0 Å². The molecule has 0 atom stereocenters. The van der Waals surface area contributed by atoms with Crippen molar-refractivity contribution >= 4 is 63.7 Å². The number of hydrogen-bond acceptors (Lipinski definition) is 5. The highest BCUT2D eigenvalue weighted by Crippen LogP contribution is 2.57. The van der Waals surface area contributed by atoms with Crippen molar-refractivity contribution in [2.45, 2.75) is 58.0 Å². The van der Waals surface area contributed by atoms with Gasteiger partial charge in [-0.2, -0.15) is 0 Å². The van der Waals surface area contributed by atoms with Crippen molar-refractivity contribution in [2.75, 3.05) is 0 Å². The van der Waals surface area contributed by atoms with Crippen LogP contribution in [0.1, 0.15) is 73.0 Å². The summed E-state index contributed by atoms with van der Waals surface area (Å²) >= 11 is 19.2. The molecule has 39 heavy (non-hydrogen) atoms. The Hall–Kier alpha value is -3.06. The van der Waals surface area contributed by atoms with E-state index in [-0.39, 0.29) is 16.0 Å². The van der Waals surface area contributed by atoms with Crippen LogP contribution in [0.4, 0.5) is 0 Å². The number of aromatic nitrogens is 2. The molecule has 9 heteroatoms. The van der Waals surface area contributed by atoms with E-state index in [1.807, 2.05) is 45.9 Å². The Labute approximate surface area is 240 Å². The van der Waals surface area contributed by atoms with Crippen LogP contribution in [0.15, 0.2) is 40.9 Å². The molecule has 0 unspecified atom stereocenters. The van der Waals surface area contributed by atoms with Crippen molar-refractivity contribution in [1.82, 2.24) is 9.72 Å². The molecular weight excluding hydrogens is 559 g/mol. The van der Waals surface area contributed by atoms with Crippen molar-refractivity contribution in [2.24, 2.45) is 0 Å². The highest BCUT2D eigenvalue weighted by Gasteiger charge is 2.54. The predicted octanol–water partition coefficient (Wildman–Crippen LogP) is 8.39. The SMILES string of the molecule is Cc1c2n(c3cccc(/C=C/C(=O)OC(C)(C)C)c13)C(=O)c1c(-c3c(Cl)cc(Cl)cc3Cl)noc1C21CCC1. The monoisotopic (exact) mass is 582 g/mol. The first-order valence-corrected chi connectivity index (χ1v) is 13.8. The molecule has 4 aromatic rings. The van der Waals surface area contributed by atoms with Gasteiger partial charge in [-0.15, -0.1) is 0 Å². The lowest BCUT2D eigenvalue weighted by Gasteiger charge is -2.43. The lowest BCUT2D eigenvalue weighted by Crippen LogP contribution is -2.43. The van der Waals surface area contributed by atoms with Crippen LogP contribution in [0.25, 0.3) is 28.2 Å². The Morgan fingerprint density at radius 3 is 2.44 bits per heavy atom. The quantitative estimate of drug-likeness (QED) is 0.179. The molecule has 3 heterocycles. The maximum atomic E-state index is 14.3. The fourth-order valence-corrected chi connectivity index (χ4v) is 6.94. The summed E-state index contributed by atoms with van der Waals surface area (Å²) in [5.74, 6) is -0.151. The number of fused-ring (bicyclic) bond motifs is 6. The second-order valence-electron chi connectivity index (χ2n) is 11.1. The molecule has 2 aromatic carbocycles. The molecule has 1 aliphatic carbocycles. The minimum absolute atomic E-state index is 0.262. The number of nitrogens with zero attached hydrogens (tertiary/aromatic N) is 2. The average molecular weight is 584 g/mol. The van der Waals surface area contributed by atoms with Crippen LogP contribution in [0, 0.1) is 6.92 Å². The van der Waals surface area contributed by atoms with Crippen LogP contribution in [-0.4, -0.2) is 27.2 Å². The summed E-state index contributed by atoms with van der Waals surface area (Å²) in [4.78, 5) is 26.7. The fraction of sp³-hybridized carbons (Fsp3) is 0.300. The van der Waals surface area contributed by atoms with E-state index < -0.39 is 17.0 Å². The topological polar surface area (TPSA) is 74.3 Å². The average Bonchev–Trinajstić information content (AvgIpc) is 3.37. The molecule has 0 saturated heterocycles. The molecule has 1 spiro atoms. The molecule has 6 nitrogen and oxygen atoms in total. The van der Waals surface area contributed by atoms with Gasteiger partial charge in [0.05, 0.1) is 21.0 Å². The summed E-state index contributed by atoms with van der Waals surface area (Å²) in [6.07, 6.45) is 5.77. The van der Waals surface area contributed by atoms with Crippen molar-refractivity contribution in [3.05, 3.63) is 79.6 Å². The molecule has 0 radical (unpaired) electrons. The third kappa shape index (κ3) is 3.95. The smallest absolute Gasteiger partial charge is 0.331 e. The summed E-state index contributed by atoms with van der Waals surface area (Å²) in [6.45, 7) is 7.49. The number of carbonyl (C=O) groups excluding carboxylic acids is 2. The molecule has 1 aliphatic heterocycles. The van der Waals surface area contributed by atoms with Gasteiger partial charge in [0.2, 0.25) is 0 Å². The first-order chi connectivity index (χ1) is 18.4. The number of carbonyl (C=O) groups is 2. The summed E-state index contributed by atoms with van der Waals surface area (Å²) in [5.41, 5.74) is 3.41. The fourth-order valence-electron chi connectivity index (χ4n) is 5.94. The van der Waals surface area contributed by atoms with E-state index in [2.05, 4.69) is 5.16 Å². The second kappa shape index (κ2) is 8.98. The Balaban J connectivity index is 1.56. The Morgan fingerprint density at radius 1 is 1.13 bits per heavy atom. The van der Waals surface area contributed by atoms with Crippen LogP contribution in [0.3, 0.4) is 0 Å². The van der Waals surface area contributed by atoms with E-state index in [1.165, 1.54) is 6.08 Å². The number of halogens is 3. The van der Waals surface area contributed by atoms with Gasteiger partial charge in [-0.05, 0) is 75.9 Å². The van der Waals surface area contributed by atoms with Crippen molar-refractivity contribution in [1.29, 1.82) is 0 Å². The molecule has 0 N–H and O–H groups in total. The molecule has 1 saturated carbocycles. The van der Waals surface area contributed by atoms with Gasteiger partial charge < -0.3 is 9.26 Å². The molecule has 6 rings (SSSR count). The van der Waals surface area contributed by atoms with E-state index in [1.54, 1.807) is 22.8 Å². The number of aryl methyl sites for hydroxylation is 1. The lowest BCUT2D eigenvalue weighted by molar-refractivity contribution is -0.148. The summed E-state index contributed by atoms with van der Waals surface area (Å²) in [7, 11) is 0. The highest BCUT2D eigenvalue weighted by atomic mass is 35.5. The summed E-state index contributed by atoms with van der Waals surface area (Å²) in [5, 5.41) is 6.18. The van der Waals surface area contributed by atoms with Crippen molar-refractivity contribution in [3.8, 4) is 11.3 Å². The normalized spacial score (nSPS) is 16.0. The predicted molar refractivity (Wildman–Crippen MR) is 153 cm³/mol. The van der Waals surface area contributed by atoms with E-state index >= 15 is 0 Å². The highest BCUT2D eigenvalue weighted by molar-refractivity contribution is 6.42. The van der Waals surface area contributed by atoms with Crippen LogP contribution in [-0.2, 0) is 14.9 Å². The van der Waals surface area contributed by atoms with Gasteiger partial charge >= 0.3 is 5.97 Å². The van der Waals surface area contributed by atoms with E-state index in [9.17, 15) is 9.59 Å². The van der Waals surface area contributed by atoms with Gasteiger partial charge in [0, 0.05) is 27.7 Å². The second-order valence-corrected chi connectivity index (χ2v) is 12.4. The number of hydrogen-bond donors (Lipinski definition) is 0. The number of rotatable bonds is 3. The van der Waals surface area contributed by atoms with Gasteiger partial charge in [-0.3, -0.25) is 9.36 Å². The van der Waals surface area contributed by atoms with Crippen molar-refractivity contribution < 1.29 is 18.8 Å². The Bertz CT molecular complexity index is 1710. The van der Waals surface area contributed by atoms with Crippen LogP contribution >= 0.6 is 34.8 Å². The zero-order valence-electron chi connectivity index (χ0n) is 21.8. The molecule has 0 amide bonds. The molecule has 2 aliphatic rings. The molecule has 200 valence electrons. The van der Waals surface area contributed by atoms with E-state index in [0.29, 0.717) is 27.6 Å². The van der Waals surface area contributed by atoms with Gasteiger partial charge in [0.15, 0.2) is 5.76 Å². The summed E-state index contributed by atoms with van der Waals surface area (Å²) < 4.78 is 13.2. The van der Waals surface area contributed by atoms with E-state index in [0.717, 1.165) is 47.0 Å². The molecule has 1 fully saturated rings. The van der Waals surface area contributed by atoms with Crippen molar-refractivity contribution in [3.63, 3.8) is 0 Å². The largest absolute Gasteiger partial charge is 0.457 e. The van der Waals surface area contributed by atoms with E-state index in [4.69, 9.17) is 44.1 Å². The zero-order chi connectivity index (χ0) is 27.9. The van der Waals surface area contributed by atoms with Gasteiger partial charge in [0.1, 0.15) is 16.9 Å². The Kier molecular flexibility index (Phi) is 6.03. The Morgan fingerprint density at radius 2 is 1.82 bits per heavy atom. The number of ether oxygens (including phenoxy) is 1. The lowest BCUT2D eigenvalue weighted by atomic mass is 9.62. The minimum Gasteiger partial charge on any atom is -0.457 e. The van der Waals surface area contributed by atoms with Gasteiger partial charge in [-0.1, -0.05) is 58.5 Å². The third-order valence-corrected chi connectivity index (χ3v) is 8.34.